The smallest absolute Gasteiger partial charge is 0.331 e. The predicted molar refractivity (Wildman–Crippen MR) is 128 cm³/mol. The minimum Gasteiger partial charge on any atom is -0.445 e. The number of rotatable bonds is 2. The zero-order chi connectivity index (χ0) is 24.3. The molecule has 34 heavy (non-hydrogen) atoms. The number of carbonyl (C=O) groups excluding carboxylic acids is 2. The van der Waals surface area contributed by atoms with Gasteiger partial charge in [0.1, 0.15) is 0 Å². The van der Waals surface area contributed by atoms with Crippen molar-refractivity contribution in [1.82, 2.24) is 5.32 Å². The van der Waals surface area contributed by atoms with Gasteiger partial charge in [-0.05, 0) is 56.6 Å². The van der Waals surface area contributed by atoms with Crippen LogP contribution in [0, 0.1) is 23.7 Å². The molecule has 2 N–H and O–H groups in total. The second-order valence-electron chi connectivity index (χ2n) is 11.2. The molecule has 1 aromatic carbocycles. The Morgan fingerprint density at radius 2 is 1.88 bits per heavy atom. The van der Waals surface area contributed by atoms with Crippen LogP contribution in [-0.2, 0) is 25.5 Å². The zero-order valence-electron chi connectivity index (χ0n) is 20.4. The topological polar surface area (TPSA) is 88.2 Å². The lowest BCUT2D eigenvalue weighted by atomic mass is 9.59. The van der Waals surface area contributed by atoms with Crippen LogP contribution in [0.3, 0.4) is 0 Å². The van der Waals surface area contributed by atoms with E-state index in [0.29, 0.717) is 12.8 Å². The number of hydrogen-bond acceptors (Lipinski definition) is 5. The first-order chi connectivity index (χ1) is 16.1. The molecule has 9 atom stereocenters. The van der Waals surface area contributed by atoms with E-state index >= 15 is 0 Å². The van der Waals surface area contributed by atoms with Crippen LogP contribution < -0.4 is 5.32 Å². The molecule has 6 heteroatoms. The monoisotopic (exact) mass is 465 g/mol. The Morgan fingerprint density at radius 1 is 1.15 bits per heavy atom. The number of ether oxygens (including phenoxy) is 2. The van der Waals surface area contributed by atoms with Gasteiger partial charge in [-0.2, -0.15) is 0 Å². The fraction of sp³-hybridized carbons (Fsp3) is 0.571. The third kappa shape index (κ3) is 3.72. The fourth-order valence-electron chi connectivity index (χ4n) is 6.77. The van der Waals surface area contributed by atoms with Gasteiger partial charge >= 0.3 is 5.97 Å². The molecule has 2 saturated heterocycles. The third-order valence-electron chi connectivity index (χ3n) is 8.54. The number of amides is 1. The second kappa shape index (κ2) is 8.06. The van der Waals surface area contributed by atoms with Crippen molar-refractivity contribution in [2.75, 3.05) is 0 Å². The SMILES string of the molecule is C[C@H]1C/C=C/[C@H]2[C@@H]3O[C@]3(C)[C@@H](C)[C@H]3[C@H](Cc4ccccc4)NC(=O)[C@]32OC(=O)/C=C/[C@@](C)(O)C1. The van der Waals surface area contributed by atoms with Crippen molar-refractivity contribution in [2.24, 2.45) is 23.7 Å². The Labute approximate surface area is 201 Å². The van der Waals surface area contributed by atoms with Crippen LogP contribution >= 0.6 is 0 Å². The summed E-state index contributed by atoms with van der Waals surface area (Å²) in [4.78, 5) is 26.9. The van der Waals surface area contributed by atoms with Crippen molar-refractivity contribution in [3.05, 3.63) is 60.2 Å². The standard InChI is InChI=1S/C28H35NO5/c1-17-9-8-12-20-24-27(4,34-24)18(2)23-21(15-19-10-6-5-7-11-19)29-25(31)28(20,23)33-22(30)13-14-26(3,32)16-17/h5-8,10-14,17-18,20-21,23-24,32H,9,15-16H2,1-4H3,(H,29,31)/b12-8+,14-13+/t17-,18-,20-,21-,23-,24-,26+,27+,28+/m0/s1. The number of hydrogen-bond donors (Lipinski definition) is 2. The van der Waals surface area contributed by atoms with Gasteiger partial charge in [-0.1, -0.05) is 56.3 Å². The molecule has 182 valence electrons. The van der Waals surface area contributed by atoms with Crippen LogP contribution in [-0.4, -0.2) is 45.9 Å². The van der Waals surface area contributed by atoms with E-state index in [2.05, 4.69) is 44.3 Å². The maximum atomic E-state index is 13.8. The Balaban J connectivity index is 1.58. The number of epoxide rings is 1. The number of fused-ring (bicyclic) bond motifs is 2. The molecule has 1 aromatic rings. The van der Waals surface area contributed by atoms with Gasteiger partial charge in [-0.25, -0.2) is 4.79 Å². The summed E-state index contributed by atoms with van der Waals surface area (Å²) in [5.74, 6) is -1.28. The van der Waals surface area contributed by atoms with Crippen LogP contribution in [0.1, 0.15) is 46.1 Å². The summed E-state index contributed by atoms with van der Waals surface area (Å²) in [6.45, 7) is 7.99. The summed E-state index contributed by atoms with van der Waals surface area (Å²) in [6, 6.07) is 9.89. The molecular weight excluding hydrogens is 430 g/mol. The quantitative estimate of drug-likeness (QED) is 0.397. The minimum absolute atomic E-state index is 0.00142. The lowest BCUT2D eigenvalue weighted by Crippen LogP contribution is -2.61. The molecule has 6 nitrogen and oxygen atoms in total. The van der Waals surface area contributed by atoms with Crippen molar-refractivity contribution in [1.29, 1.82) is 0 Å². The summed E-state index contributed by atoms with van der Waals surface area (Å²) in [5.41, 5.74) is -1.73. The Bertz CT molecular complexity index is 1030. The first kappa shape index (κ1) is 23.3. The molecule has 1 amide bonds. The summed E-state index contributed by atoms with van der Waals surface area (Å²) in [5, 5.41) is 13.9. The van der Waals surface area contributed by atoms with E-state index in [1.165, 1.54) is 12.2 Å². The van der Waals surface area contributed by atoms with E-state index < -0.39 is 17.2 Å². The number of allylic oxidation sites excluding steroid dienone is 1. The molecule has 0 unspecified atom stereocenters. The van der Waals surface area contributed by atoms with Gasteiger partial charge in [0, 0.05) is 18.0 Å². The number of nitrogens with one attached hydrogen (secondary N) is 1. The lowest BCUT2D eigenvalue weighted by Gasteiger charge is -2.45. The molecule has 0 bridgehead atoms. The highest BCUT2D eigenvalue weighted by atomic mass is 16.6. The Hall–Kier alpha value is -2.44. The van der Waals surface area contributed by atoms with E-state index in [-0.39, 0.29) is 47.3 Å². The fourth-order valence-corrected chi connectivity index (χ4v) is 6.77. The molecule has 0 aromatic heterocycles. The molecule has 3 aliphatic heterocycles. The Kier molecular flexibility index (Phi) is 5.53. The van der Waals surface area contributed by atoms with Crippen molar-refractivity contribution in [2.45, 2.75) is 75.9 Å². The maximum absolute atomic E-state index is 13.8. The summed E-state index contributed by atoms with van der Waals surface area (Å²) < 4.78 is 12.4. The van der Waals surface area contributed by atoms with Crippen LogP contribution in [0.15, 0.2) is 54.6 Å². The predicted octanol–water partition coefficient (Wildman–Crippen LogP) is 3.34. The highest BCUT2D eigenvalue weighted by molar-refractivity contribution is 5.94. The van der Waals surface area contributed by atoms with Gasteiger partial charge in [0.2, 0.25) is 5.60 Å². The molecule has 4 aliphatic rings. The Morgan fingerprint density at radius 3 is 2.62 bits per heavy atom. The molecule has 5 rings (SSSR count). The minimum atomic E-state index is -1.36. The van der Waals surface area contributed by atoms with Crippen molar-refractivity contribution in [3.63, 3.8) is 0 Å². The number of esters is 1. The van der Waals surface area contributed by atoms with Gasteiger partial charge in [0.05, 0.1) is 23.2 Å². The second-order valence-corrected chi connectivity index (χ2v) is 11.2. The van der Waals surface area contributed by atoms with Crippen LogP contribution in [0.25, 0.3) is 0 Å². The average Bonchev–Trinajstić information content (AvgIpc) is 3.39. The number of benzene rings is 1. The number of carbonyl (C=O) groups is 2. The highest BCUT2D eigenvalue weighted by Gasteiger charge is 2.78. The van der Waals surface area contributed by atoms with E-state index in [1.54, 1.807) is 6.92 Å². The number of aliphatic hydroxyl groups is 1. The van der Waals surface area contributed by atoms with Crippen molar-refractivity contribution < 1.29 is 24.2 Å². The van der Waals surface area contributed by atoms with E-state index in [0.717, 1.165) is 12.0 Å². The van der Waals surface area contributed by atoms with Gasteiger partial charge in [0.25, 0.3) is 5.91 Å². The third-order valence-corrected chi connectivity index (χ3v) is 8.54. The van der Waals surface area contributed by atoms with Crippen molar-refractivity contribution >= 4 is 11.9 Å². The molecular formula is C28H35NO5. The van der Waals surface area contributed by atoms with Gasteiger partial charge in [0.15, 0.2) is 0 Å². The lowest BCUT2D eigenvalue weighted by molar-refractivity contribution is -0.177. The summed E-state index contributed by atoms with van der Waals surface area (Å²) in [6.07, 6.45) is 8.62. The molecule has 3 heterocycles. The normalized spacial score (nSPS) is 47.6. The highest BCUT2D eigenvalue weighted by Crippen LogP contribution is 2.63. The first-order valence-electron chi connectivity index (χ1n) is 12.4. The molecule has 1 aliphatic carbocycles. The van der Waals surface area contributed by atoms with Gasteiger partial charge in [-0.15, -0.1) is 0 Å². The summed E-state index contributed by atoms with van der Waals surface area (Å²) >= 11 is 0. The maximum Gasteiger partial charge on any atom is 0.331 e. The average molecular weight is 466 g/mol. The van der Waals surface area contributed by atoms with Gasteiger partial charge < -0.3 is 19.9 Å². The first-order valence-corrected chi connectivity index (χ1v) is 12.4. The van der Waals surface area contributed by atoms with E-state index in [9.17, 15) is 14.7 Å². The van der Waals surface area contributed by atoms with Crippen molar-refractivity contribution in [3.8, 4) is 0 Å². The zero-order valence-corrected chi connectivity index (χ0v) is 20.4. The van der Waals surface area contributed by atoms with Gasteiger partial charge in [-0.3, -0.25) is 4.79 Å². The molecule has 1 saturated carbocycles. The molecule has 1 spiro atoms. The van der Waals surface area contributed by atoms with E-state index in [4.69, 9.17) is 9.47 Å². The van der Waals surface area contributed by atoms with E-state index in [1.807, 2.05) is 24.3 Å². The molecule has 0 radical (unpaired) electrons. The molecule has 3 fully saturated rings. The summed E-state index contributed by atoms with van der Waals surface area (Å²) in [7, 11) is 0. The van der Waals surface area contributed by atoms with Crippen LogP contribution in [0.4, 0.5) is 0 Å². The van der Waals surface area contributed by atoms with Crippen LogP contribution in [0.2, 0.25) is 0 Å². The van der Waals surface area contributed by atoms with Crippen LogP contribution in [0.5, 0.6) is 0 Å². The largest absolute Gasteiger partial charge is 0.445 e.